The van der Waals surface area contributed by atoms with Crippen LogP contribution in [-0.4, -0.2) is 53.8 Å². The molecule has 0 bridgehead atoms. The average molecular weight is 404 g/mol. The molecule has 0 unspecified atom stereocenters. The Kier molecular flexibility index (Phi) is 6.20. The van der Waals surface area contributed by atoms with Gasteiger partial charge in [0.15, 0.2) is 0 Å². The first-order chi connectivity index (χ1) is 14.7. The summed E-state index contributed by atoms with van der Waals surface area (Å²) in [6, 6.07) is 12.8. The van der Waals surface area contributed by atoms with Crippen molar-refractivity contribution in [2.24, 2.45) is 0 Å². The maximum absolute atomic E-state index is 12.5. The first kappa shape index (κ1) is 19.8. The number of benzene rings is 1. The molecule has 0 saturated carbocycles. The minimum atomic E-state index is -0.166. The number of pyridine rings is 2. The average Bonchev–Trinajstić information content (AvgIpc) is 2.81. The minimum Gasteiger partial charge on any atom is -0.508 e. The summed E-state index contributed by atoms with van der Waals surface area (Å²) in [5.41, 5.74) is 3.32. The Morgan fingerprint density at radius 3 is 2.57 bits per heavy atom. The molecule has 2 aromatic heterocycles. The second-order valence-electron chi connectivity index (χ2n) is 7.14. The number of amides is 1. The molecule has 30 heavy (non-hydrogen) atoms. The zero-order chi connectivity index (χ0) is 20.8. The van der Waals surface area contributed by atoms with E-state index in [1.807, 2.05) is 36.5 Å². The maximum atomic E-state index is 12.5. The van der Waals surface area contributed by atoms with E-state index in [4.69, 9.17) is 4.74 Å². The van der Waals surface area contributed by atoms with Gasteiger partial charge in [-0.25, -0.2) is 4.98 Å². The van der Waals surface area contributed by atoms with E-state index in [2.05, 4.69) is 20.2 Å². The van der Waals surface area contributed by atoms with Gasteiger partial charge in [0.2, 0.25) is 0 Å². The van der Waals surface area contributed by atoms with Crippen LogP contribution in [0.2, 0.25) is 0 Å². The lowest BCUT2D eigenvalue weighted by molar-refractivity contribution is 0.0954. The van der Waals surface area contributed by atoms with Crippen LogP contribution in [0.5, 0.6) is 5.75 Å². The number of phenolic OH excluding ortho intramolecular Hbond substituents is 1. The number of hydrogen-bond donors (Lipinski definition) is 2. The van der Waals surface area contributed by atoms with Crippen LogP contribution in [0.3, 0.4) is 0 Å². The van der Waals surface area contributed by atoms with Gasteiger partial charge in [-0.05, 0) is 42.3 Å². The van der Waals surface area contributed by atoms with E-state index in [9.17, 15) is 9.90 Å². The van der Waals surface area contributed by atoms with Crippen LogP contribution in [0.25, 0.3) is 11.1 Å². The quantitative estimate of drug-likeness (QED) is 0.657. The van der Waals surface area contributed by atoms with Crippen molar-refractivity contribution in [1.82, 2.24) is 15.3 Å². The summed E-state index contributed by atoms with van der Waals surface area (Å²) in [6.07, 6.45) is 5.80. The molecule has 1 aliphatic rings. The van der Waals surface area contributed by atoms with Crippen LogP contribution < -0.4 is 10.2 Å². The molecule has 4 rings (SSSR count). The highest BCUT2D eigenvalue weighted by molar-refractivity contribution is 5.95. The minimum absolute atomic E-state index is 0.166. The van der Waals surface area contributed by atoms with Crippen molar-refractivity contribution in [3.63, 3.8) is 0 Å². The highest BCUT2D eigenvalue weighted by atomic mass is 16.5. The zero-order valence-corrected chi connectivity index (χ0v) is 16.6. The van der Waals surface area contributed by atoms with Gasteiger partial charge in [-0.1, -0.05) is 12.1 Å². The summed E-state index contributed by atoms with van der Waals surface area (Å²) in [5, 5.41) is 12.2. The van der Waals surface area contributed by atoms with Gasteiger partial charge in [-0.15, -0.1) is 0 Å². The van der Waals surface area contributed by atoms with Gasteiger partial charge in [-0.2, -0.15) is 0 Å². The number of hydrogen-bond acceptors (Lipinski definition) is 6. The van der Waals surface area contributed by atoms with Gasteiger partial charge >= 0.3 is 0 Å². The predicted octanol–water partition coefficient (Wildman–Crippen LogP) is 2.66. The van der Waals surface area contributed by atoms with Crippen molar-refractivity contribution >= 4 is 11.7 Å². The molecular formula is C23H24N4O3. The lowest BCUT2D eigenvalue weighted by atomic mass is 10.1. The van der Waals surface area contributed by atoms with Gasteiger partial charge in [0.1, 0.15) is 11.6 Å². The molecule has 3 aromatic rings. The van der Waals surface area contributed by atoms with Crippen LogP contribution in [0, 0.1) is 0 Å². The second kappa shape index (κ2) is 9.37. The molecule has 154 valence electrons. The number of rotatable bonds is 6. The van der Waals surface area contributed by atoms with Gasteiger partial charge in [-0.3, -0.25) is 9.78 Å². The molecule has 1 fully saturated rings. The molecule has 2 N–H and O–H groups in total. The van der Waals surface area contributed by atoms with Gasteiger partial charge < -0.3 is 20.1 Å². The lowest BCUT2D eigenvalue weighted by Gasteiger charge is -2.27. The monoisotopic (exact) mass is 404 g/mol. The Morgan fingerprint density at radius 2 is 1.83 bits per heavy atom. The number of aromatic hydroxyl groups is 1. The number of morpholine rings is 1. The summed E-state index contributed by atoms with van der Waals surface area (Å²) in [5.74, 6) is 0.998. The van der Waals surface area contributed by atoms with Crippen molar-refractivity contribution in [3.05, 3.63) is 72.2 Å². The summed E-state index contributed by atoms with van der Waals surface area (Å²) >= 11 is 0. The van der Waals surface area contributed by atoms with Crippen molar-refractivity contribution in [2.75, 3.05) is 37.7 Å². The Labute approximate surface area is 175 Å². The Balaban J connectivity index is 1.38. The van der Waals surface area contributed by atoms with Crippen molar-refractivity contribution in [1.29, 1.82) is 0 Å². The van der Waals surface area contributed by atoms with Crippen LogP contribution in [0.4, 0.5) is 5.82 Å². The summed E-state index contributed by atoms with van der Waals surface area (Å²) in [7, 11) is 0. The van der Waals surface area contributed by atoms with Crippen molar-refractivity contribution in [2.45, 2.75) is 6.42 Å². The molecule has 1 saturated heterocycles. The number of ether oxygens (including phenoxy) is 1. The van der Waals surface area contributed by atoms with E-state index in [0.29, 0.717) is 18.5 Å². The first-order valence-electron chi connectivity index (χ1n) is 9.99. The fraction of sp³-hybridized carbons (Fsp3) is 0.261. The zero-order valence-electron chi connectivity index (χ0n) is 16.6. The third-order valence-electron chi connectivity index (χ3n) is 5.05. The van der Waals surface area contributed by atoms with Crippen LogP contribution in [-0.2, 0) is 11.2 Å². The molecule has 0 spiro atoms. The fourth-order valence-corrected chi connectivity index (χ4v) is 3.34. The molecule has 0 radical (unpaired) electrons. The van der Waals surface area contributed by atoms with Crippen LogP contribution in [0.15, 0.2) is 61.1 Å². The Morgan fingerprint density at radius 1 is 1.03 bits per heavy atom. The van der Waals surface area contributed by atoms with Gasteiger partial charge in [0.25, 0.3) is 5.91 Å². The molecule has 0 atom stereocenters. The highest BCUT2D eigenvalue weighted by Crippen LogP contribution is 2.21. The fourth-order valence-electron chi connectivity index (χ4n) is 3.34. The first-order valence-corrected chi connectivity index (χ1v) is 9.99. The topological polar surface area (TPSA) is 87.6 Å². The second-order valence-corrected chi connectivity index (χ2v) is 7.14. The summed E-state index contributed by atoms with van der Waals surface area (Å²) in [4.78, 5) is 23.5. The molecule has 1 aromatic carbocycles. The molecule has 1 amide bonds. The number of carbonyl (C=O) groups is 1. The molecule has 1 aliphatic heterocycles. The SMILES string of the molecule is O=C(NCCc1ccc(O)cc1)c1cncc(-c2ccc(N3CCOCC3)nc2)c1. The number of nitrogens with one attached hydrogen (secondary N) is 1. The van der Waals surface area contributed by atoms with E-state index in [-0.39, 0.29) is 11.7 Å². The van der Waals surface area contributed by atoms with Gasteiger partial charge in [0, 0.05) is 49.4 Å². The van der Waals surface area contributed by atoms with E-state index in [1.165, 1.54) is 0 Å². The number of nitrogens with zero attached hydrogens (tertiary/aromatic N) is 3. The van der Waals surface area contributed by atoms with E-state index < -0.39 is 0 Å². The number of anilines is 1. The summed E-state index contributed by atoms with van der Waals surface area (Å²) < 4.78 is 5.38. The molecule has 7 heteroatoms. The highest BCUT2D eigenvalue weighted by Gasteiger charge is 2.13. The van der Waals surface area contributed by atoms with E-state index >= 15 is 0 Å². The molecule has 3 heterocycles. The van der Waals surface area contributed by atoms with Crippen molar-refractivity contribution < 1.29 is 14.6 Å². The number of carbonyl (C=O) groups excluding carboxylic acids is 1. The van der Waals surface area contributed by atoms with Crippen molar-refractivity contribution in [3.8, 4) is 16.9 Å². The van der Waals surface area contributed by atoms with Gasteiger partial charge in [0.05, 0.1) is 18.8 Å². The normalized spacial score (nSPS) is 13.8. The van der Waals surface area contributed by atoms with Crippen LogP contribution >= 0.6 is 0 Å². The lowest BCUT2D eigenvalue weighted by Crippen LogP contribution is -2.36. The standard InChI is InChI=1S/C23H24N4O3/c28-21-4-1-17(2-5-21)7-8-25-23(29)20-13-19(14-24-15-20)18-3-6-22(26-16-18)27-9-11-30-12-10-27/h1-6,13-16,28H,7-12H2,(H,25,29). The van der Waals surface area contributed by atoms with Crippen LogP contribution in [0.1, 0.15) is 15.9 Å². The largest absolute Gasteiger partial charge is 0.508 e. The molecule has 0 aliphatic carbocycles. The summed E-state index contributed by atoms with van der Waals surface area (Å²) in [6.45, 7) is 3.62. The predicted molar refractivity (Wildman–Crippen MR) is 115 cm³/mol. The maximum Gasteiger partial charge on any atom is 0.252 e. The Bertz CT molecular complexity index is 984. The van der Waals surface area contributed by atoms with E-state index in [0.717, 1.165) is 48.8 Å². The Hall–Kier alpha value is -3.45. The third kappa shape index (κ3) is 4.93. The molecule has 7 nitrogen and oxygen atoms in total. The smallest absolute Gasteiger partial charge is 0.252 e. The number of phenols is 1. The third-order valence-corrected chi connectivity index (χ3v) is 5.05. The van der Waals surface area contributed by atoms with E-state index in [1.54, 1.807) is 24.5 Å². The number of aromatic nitrogens is 2. The molecular weight excluding hydrogens is 380 g/mol.